The van der Waals surface area contributed by atoms with Crippen LogP contribution in [0.3, 0.4) is 0 Å². The Morgan fingerprint density at radius 2 is 0.469 bits per heavy atom. The monoisotopic (exact) mass is 1330 g/mol. The molecule has 16 rings (SSSR count). The second-order valence-electron chi connectivity index (χ2n) is 30.6. The van der Waals surface area contributed by atoms with Gasteiger partial charge in [-0.25, -0.2) is 0 Å². The molecule has 4 heteroatoms. The van der Waals surface area contributed by atoms with Crippen molar-refractivity contribution in [2.45, 2.75) is 111 Å². The first-order chi connectivity index (χ1) is 45.7. The molecule has 0 radical (unpaired) electrons. The maximum Gasteiger partial charge on any atom is 0.0433 e. The molecule has 0 aliphatic rings. The molecule has 0 saturated heterocycles. The standard InChI is InChI=1S/4C18H12S.4C5H12/c1-2-7-13(8-3-1)14-10-6-11-16-15-9-4-5-12-17(15)19-18(14)16;1-2-7-13(8-3-1)14-10-6-12-17-18(14)15-9-4-5-11-16(15)19-17;1-2-6-13(7-3-1)14-10-11-18-16(12-14)15-8-4-5-9-17(15)19-18;1-2-6-13(7-3-1)14-10-11-16-15-8-4-5-9-17(15)19-18(16)12-14;4*1-5(2,3)4/h4*1-12H;4*1-4H3. The van der Waals surface area contributed by atoms with E-state index < -0.39 is 0 Å². The van der Waals surface area contributed by atoms with Crippen LogP contribution in [0.4, 0.5) is 0 Å². The van der Waals surface area contributed by atoms with Crippen molar-refractivity contribution in [3.8, 4) is 44.5 Å². The van der Waals surface area contributed by atoms with Gasteiger partial charge in [0.15, 0.2) is 0 Å². The van der Waals surface area contributed by atoms with Crippen LogP contribution < -0.4 is 0 Å². The van der Waals surface area contributed by atoms with E-state index in [1.165, 1.54) is 125 Å². The van der Waals surface area contributed by atoms with Crippen LogP contribution in [0.1, 0.15) is 111 Å². The summed E-state index contributed by atoms with van der Waals surface area (Å²) in [7, 11) is 0. The molecule has 0 unspecified atom stereocenters. The van der Waals surface area contributed by atoms with Crippen LogP contribution >= 0.6 is 45.3 Å². The second kappa shape index (κ2) is 32.5. The Balaban J connectivity index is 0.000000137. The van der Waals surface area contributed by atoms with Gasteiger partial charge in [-0.2, -0.15) is 0 Å². The predicted molar refractivity (Wildman–Crippen MR) is 440 cm³/mol. The van der Waals surface area contributed by atoms with E-state index in [1.54, 1.807) is 0 Å². The van der Waals surface area contributed by atoms with Crippen LogP contribution in [0.5, 0.6) is 0 Å². The van der Waals surface area contributed by atoms with E-state index in [0.717, 1.165) is 0 Å². The Kier molecular flexibility index (Phi) is 24.3. The number of thiophene rings is 4. The van der Waals surface area contributed by atoms with Crippen LogP contribution in [0, 0.1) is 21.7 Å². The molecule has 0 nitrogen and oxygen atoms in total. The Morgan fingerprint density at radius 1 is 0.177 bits per heavy atom. The average Bonchev–Trinajstić information content (AvgIpc) is 1.62. The zero-order valence-electron chi connectivity index (χ0n) is 59.3. The highest BCUT2D eigenvalue weighted by molar-refractivity contribution is 7.27. The second-order valence-corrected chi connectivity index (χ2v) is 34.9. The maximum atomic E-state index is 2.31. The quantitative estimate of drug-likeness (QED) is 0.165. The van der Waals surface area contributed by atoms with Crippen molar-refractivity contribution >= 4 is 126 Å². The summed E-state index contributed by atoms with van der Waals surface area (Å²) in [5.41, 5.74) is 12.4. The van der Waals surface area contributed by atoms with Gasteiger partial charge < -0.3 is 0 Å². The Labute approximate surface area is 589 Å². The Bertz CT molecular complexity index is 4950. The molecule has 4 heterocycles. The molecule has 0 N–H and O–H groups in total. The highest BCUT2D eigenvalue weighted by Crippen LogP contribution is 2.42. The molecular weight excluding hydrogens is 1230 g/mol. The minimum absolute atomic E-state index is 0.500. The van der Waals surface area contributed by atoms with Gasteiger partial charge in [-0.3, -0.25) is 0 Å². The zero-order chi connectivity index (χ0) is 68.6. The van der Waals surface area contributed by atoms with E-state index in [2.05, 4.69) is 402 Å². The zero-order valence-corrected chi connectivity index (χ0v) is 62.6. The van der Waals surface area contributed by atoms with Crippen molar-refractivity contribution in [1.29, 1.82) is 0 Å². The molecule has 0 aliphatic carbocycles. The molecule has 0 saturated carbocycles. The van der Waals surface area contributed by atoms with Crippen molar-refractivity contribution in [1.82, 2.24) is 0 Å². The van der Waals surface area contributed by atoms with Gasteiger partial charge >= 0.3 is 0 Å². The molecule has 0 atom stereocenters. The van der Waals surface area contributed by atoms with Crippen LogP contribution in [0.15, 0.2) is 291 Å². The number of fused-ring (bicyclic) bond motifs is 12. The lowest BCUT2D eigenvalue weighted by atomic mass is 10.00. The number of benzene rings is 12. The van der Waals surface area contributed by atoms with Gasteiger partial charge in [-0.15, -0.1) is 45.3 Å². The van der Waals surface area contributed by atoms with Crippen molar-refractivity contribution in [2.75, 3.05) is 0 Å². The highest BCUT2D eigenvalue weighted by Gasteiger charge is 2.13. The number of rotatable bonds is 4. The number of hydrogen-bond acceptors (Lipinski definition) is 4. The Hall–Kier alpha value is -8.48. The van der Waals surface area contributed by atoms with E-state index in [4.69, 9.17) is 0 Å². The summed E-state index contributed by atoms with van der Waals surface area (Å²) in [5.74, 6) is 0. The molecule has 4 aromatic heterocycles. The number of hydrogen-bond donors (Lipinski definition) is 0. The third-order valence-electron chi connectivity index (χ3n) is 13.9. The molecule has 0 bridgehead atoms. The van der Waals surface area contributed by atoms with Crippen LogP contribution in [0.2, 0.25) is 0 Å². The summed E-state index contributed by atoms with van der Waals surface area (Å²) in [6.45, 7) is 35.0. The van der Waals surface area contributed by atoms with Gasteiger partial charge in [0, 0.05) is 80.7 Å². The molecule has 16 aromatic rings. The molecular formula is C92H96S4. The van der Waals surface area contributed by atoms with E-state index in [0.29, 0.717) is 21.7 Å². The largest absolute Gasteiger partial charge is 0.135 e. The smallest absolute Gasteiger partial charge is 0.0433 e. The minimum Gasteiger partial charge on any atom is -0.135 e. The van der Waals surface area contributed by atoms with Crippen LogP contribution in [-0.2, 0) is 0 Å². The van der Waals surface area contributed by atoms with Gasteiger partial charge in [0.05, 0.1) is 0 Å². The minimum atomic E-state index is 0.500. The predicted octanol–water partition coefficient (Wildman–Crippen LogP) is 31.1. The summed E-state index contributed by atoms with van der Waals surface area (Å²) >= 11 is 7.49. The fourth-order valence-electron chi connectivity index (χ4n) is 10.3. The van der Waals surface area contributed by atoms with E-state index >= 15 is 0 Å². The average molecular weight is 1330 g/mol. The van der Waals surface area contributed by atoms with Gasteiger partial charge in [-0.05, 0) is 115 Å². The van der Waals surface area contributed by atoms with Crippen molar-refractivity contribution in [3.05, 3.63) is 291 Å². The van der Waals surface area contributed by atoms with E-state index in [1.807, 2.05) is 45.3 Å². The van der Waals surface area contributed by atoms with Gasteiger partial charge in [0.2, 0.25) is 0 Å². The van der Waals surface area contributed by atoms with Crippen molar-refractivity contribution in [3.63, 3.8) is 0 Å². The first-order valence-corrected chi connectivity index (χ1v) is 36.8. The molecule has 96 heavy (non-hydrogen) atoms. The van der Waals surface area contributed by atoms with Gasteiger partial charge in [0.1, 0.15) is 0 Å². The maximum absolute atomic E-state index is 2.31. The SMILES string of the molecule is CC(C)(C)C.CC(C)(C)C.CC(C)(C)C.CC(C)(C)C.c1ccc(-c2ccc3c(c2)sc2ccccc23)cc1.c1ccc(-c2ccc3sc4ccccc4c3c2)cc1.c1ccc(-c2cccc3c2sc2ccccc23)cc1.c1ccc(-c2cccc3sc4ccccc4c23)cc1. The Morgan fingerprint density at radius 3 is 0.958 bits per heavy atom. The van der Waals surface area contributed by atoms with Gasteiger partial charge in [-0.1, -0.05) is 353 Å². The van der Waals surface area contributed by atoms with Crippen molar-refractivity contribution < 1.29 is 0 Å². The van der Waals surface area contributed by atoms with Crippen LogP contribution in [0.25, 0.3) is 125 Å². The molecule has 488 valence electrons. The topological polar surface area (TPSA) is 0 Å². The highest BCUT2D eigenvalue weighted by atomic mass is 32.1. The lowest BCUT2D eigenvalue weighted by Crippen LogP contribution is -1.93. The normalized spacial score (nSPS) is 11.3. The lowest BCUT2D eigenvalue weighted by molar-refractivity contribution is 0.469. The molecule has 0 fully saturated rings. The van der Waals surface area contributed by atoms with Crippen LogP contribution in [-0.4, -0.2) is 0 Å². The summed E-state index contributed by atoms with van der Waals surface area (Å²) in [6.07, 6.45) is 0. The van der Waals surface area contributed by atoms with Crippen molar-refractivity contribution in [2.24, 2.45) is 21.7 Å². The third kappa shape index (κ3) is 21.3. The van der Waals surface area contributed by atoms with Gasteiger partial charge in [0.25, 0.3) is 0 Å². The summed E-state index contributed by atoms with van der Waals surface area (Å²) < 4.78 is 10.9. The van der Waals surface area contributed by atoms with E-state index in [9.17, 15) is 0 Å². The third-order valence-corrected chi connectivity index (χ3v) is 18.6. The summed E-state index contributed by atoms with van der Waals surface area (Å²) in [6, 6.07) is 104. The molecule has 0 aliphatic heterocycles. The summed E-state index contributed by atoms with van der Waals surface area (Å²) in [4.78, 5) is 0. The summed E-state index contributed by atoms with van der Waals surface area (Å²) in [5, 5.41) is 10.9. The first-order valence-electron chi connectivity index (χ1n) is 33.5. The lowest BCUT2D eigenvalue weighted by Gasteiger charge is -2.05. The fourth-order valence-corrected chi connectivity index (χ4v) is 14.9. The molecule has 0 spiro atoms. The fraction of sp³-hybridized carbons (Fsp3) is 0.217. The molecule has 0 amide bonds. The first kappa shape index (κ1) is 71.8. The molecule has 12 aromatic carbocycles. The van der Waals surface area contributed by atoms with E-state index in [-0.39, 0.29) is 0 Å².